The van der Waals surface area contributed by atoms with Crippen LogP contribution in [0.3, 0.4) is 0 Å². The molecule has 0 aliphatic rings. The lowest BCUT2D eigenvalue weighted by Crippen LogP contribution is -2.07. The van der Waals surface area contributed by atoms with Gasteiger partial charge < -0.3 is 4.79 Å². The molecule has 0 bridgehead atoms. The zero-order valence-corrected chi connectivity index (χ0v) is 16.1. The molecule has 0 aromatic heterocycles. The first-order chi connectivity index (χ1) is 10.6. The molecule has 0 unspecified atom stereocenters. The average Bonchev–Trinajstić information content (AvgIpc) is 2.51. The largest absolute Gasteiger partial charge is 0.303 e. The molecule has 0 fully saturated rings. The molecule has 0 aromatic rings. The Hall–Kier alpha value is 0.110. The van der Waals surface area contributed by atoms with Crippen molar-refractivity contribution in [1.82, 2.24) is 0 Å². The Morgan fingerprint density at radius 3 is 1.41 bits per heavy atom. The van der Waals surface area contributed by atoms with Crippen LogP contribution in [0.15, 0.2) is 12.7 Å². The molecule has 0 aromatic carbocycles. The minimum Gasteiger partial charge on any atom is -0.303 e. The molecule has 0 amide bonds. The van der Waals surface area contributed by atoms with E-state index in [0.29, 0.717) is 0 Å². The maximum atomic E-state index is 10.2. The van der Waals surface area contributed by atoms with Crippen molar-refractivity contribution < 1.29 is 4.79 Å². The summed E-state index contributed by atoms with van der Waals surface area (Å²) in [5.74, 6) is 0. The SMILES string of the molecule is C=CC(S)(S)CCCCCCCCCCCCCCCC=O. The molecule has 0 rings (SSSR count). The van der Waals surface area contributed by atoms with Gasteiger partial charge in [0.15, 0.2) is 0 Å². The smallest absolute Gasteiger partial charge is 0.119 e. The Kier molecular flexibility index (Phi) is 16.1. The molecular formula is C19H36OS2. The highest BCUT2D eigenvalue weighted by Crippen LogP contribution is 2.27. The second-order valence-electron chi connectivity index (χ2n) is 6.38. The Labute approximate surface area is 149 Å². The van der Waals surface area contributed by atoms with Gasteiger partial charge in [0.2, 0.25) is 0 Å². The lowest BCUT2D eigenvalue weighted by Gasteiger charge is -2.16. The fourth-order valence-electron chi connectivity index (χ4n) is 2.66. The topological polar surface area (TPSA) is 17.1 Å². The first kappa shape index (κ1) is 22.1. The van der Waals surface area contributed by atoms with Crippen molar-refractivity contribution in [1.29, 1.82) is 0 Å². The molecule has 0 aliphatic heterocycles. The molecule has 0 radical (unpaired) electrons. The highest BCUT2D eigenvalue weighted by atomic mass is 32.2. The normalized spacial score (nSPS) is 11.5. The predicted molar refractivity (Wildman–Crippen MR) is 106 cm³/mol. The van der Waals surface area contributed by atoms with E-state index in [1.165, 1.54) is 77.0 Å². The standard InChI is InChI=1S/C19H36OS2/c1-2-19(21,22)17-15-13-11-9-7-5-3-4-6-8-10-12-14-16-18-20/h2,18,21-22H,1,3-17H2. The third-order valence-corrected chi connectivity index (χ3v) is 5.01. The Bertz CT molecular complexity index is 264. The zero-order chi connectivity index (χ0) is 16.5. The van der Waals surface area contributed by atoms with E-state index in [4.69, 9.17) is 0 Å². The molecule has 130 valence electrons. The number of carbonyl (C=O) groups is 1. The first-order valence-electron chi connectivity index (χ1n) is 9.14. The minimum atomic E-state index is -0.284. The second-order valence-corrected chi connectivity index (χ2v) is 8.33. The fraction of sp³-hybridized carbons (Fsp3) is 0.842. The van der Waals surface area contributed by atoms with E-state index in [-0.39, 0.29) is 4.08 Å². The van der Waals surface area contributed by atoms with E-state index in [1.807, 2.05) is 6.08 Å². The van der Waals surface area contributed by atoms with Crippen molar-refractivity contribution in [3.8, 4) is 0 Å². The summed E-state index contributed by atoms with van der Waals surface area (Å²) >= 11 is 8.88. The quantitative estimate of drug-likeness (QED) is 0.0977. The lowest BCUT2D eigenvalue weighted by atomic mass is 10.0. The van der Waals surface area contributed by atoms with Gasteiger partial charge in [-0.15, -0.1) is 6.58 Å². The molecule has 0 saturated carbocycles. The summed E-state index contributed by atoms with van der Waals surface area (Å²) in [4.78, 5) is 10.2. The third-order valence-electron chi connectivity index (χ3n) is 4.19. The van der Waals surface area contributed by atoms with Crippen LogP contribution in [0, 0.1) is 0 Å². The molecular weight excluding hydrogens is 308 g/mol. The number of hydrogen-bond donors (Lipinski definition) is 2. The third kappa shape index (κ3) is 16.5. The molecule has 0 aliphatic carbocycles. The Morgan fingerprint density at radius 2 is 1.05 bits per heavy atom. The minimum absolute atomic E-state index is 0.284. The number of unbranched alkanes of at least 4 members (excludes halogenated alkanes) is 13. The number of thiol groups is 2. The molecule has 0 atom stereocenters. The van der Waals surface area contributed by atoms with Crippen LogP contribution in [-0.4, -0.2) is 10.4 Å². The lowest BCUT2D eigenvalue weighted by molar-refractivity contribution is -0.107. The van der Waals surface area contributed by atoms with Crippen LogP contribution in [0.4, 0.5) is 0 Å². The van der Waals surface area contributed by atoms with E-state index in [9.17, 15) is 4.79 Å². The number of carbonyl (C=O) groups excluding carboxylic acids is 1. The summed E-state index contributed by atoms with van der Waals surface area (Å²) in [6.45, 7) is 3.75. The van der Waals surface area contributed by atoms with Gasteiger partial charge in [-0.2, -0.15) is 25.3 Å². The predicted octanol–water partition coefficient (Wildman–Crippen LogP) is 6.78. The van der Waals surface area contributed by atoms with E-state index in [2.05, 4.69) is 31.8 Å². The molecule has 0 N–H and O–H groups in total. The van der Waals surface area contributed by atoms with Crippen molar-refractivity contribution >= 4 is 31.5 Å². The van der Waals surface area contributed by atoms with Crippen LogP contribution >= 0.6 is 25.3 Å². The summed E-state index contributed by atoms with van der Waals surface area (Å²) in [5, 5.41) is 0. The number of rotatable bonds is 17. The summed E-state index contributed by atoms with van der Waals surface area (Å²) in [6.07, 6.45) is 21.7. The van der Waals surface area contributed by atoms with E-state index in [0.717, 1.165) is 25.5 Å². The van der Waals surface area contributed by atoms with Gasteiger partial charge in [-0.1, -0.05) is 83.1 Å². The Balaban J connectivity index is 3.08. The zero-order valence-electron chi connectivity index (χ0n) is 14.3. The summed E-state index contributed by atoms with van der Waals surface area (Å²) in [6, 6.07) is 0. The average molecular weight is 345 g/mol. The summed E-state index contributed by atoms with van der Waals surface area (Å²) < 4.78 is -0.284. The molecule has 22 heavy (non-hydrogen) atoms. The highest BCUT2D eigenvalue weighted by Gasteiger charge is 2.13. The molecule has 0 heterocycles. The second kappa shape index (κ2) is 16.0. The van der Waals surface area contributed by atoms with Crippen molar-refractivity contribution in [2.24, 2.45) is 0 Å². The van der Waals surface area contributed by atoms with Crippen LogP contribution in [0.1, 0.15) is 96.3 Å². The summed E-state index contributed by atoms with van der Waals surface area (Å²) in [5.41, 5.74) is 0. The van der Waals surface area contributed by atoms with Gasteiger partial charge in [0.1, 0.15) is 6.29 Å². The fourth-order valence-corrected chi connectivity index (χ4v) is 2.98. The first-order valence-corrected chi connectivity index (χ1v) is 10.0. The van der Waals surface area contributed by atoms with Crippen LogP contribution < -0.4 is 0 Å². The van der Waals surface area contributed by atoms with Gasteiger partial charge in [0.25, 0.3) is 0 Å². The number of hydrogen-bond acceptors (Lipinski definition) is 3. The van der Waals surface area contributed by atoms with Crippen molar-refractivity contribution in [3.05, 3.63) is 12.7 Å². The molecule has 1 nitrogen and oxygen atoms in total. The van der Waals surface area contributed by atoms with E-state index >= 15 is 0 Å². The van der Waals surface area contributed by atoms with Crippen LogP contribution in [-0.2, 0) is 4.79 Å². The van der Waals surface area contributed by atoms with Gasteiger partial charge in [-0.05, 0) is 12.8 Å². The maximum absolute atomic E-state index is 10.2. The van der Waals surface area contributed by atoms with Crippen LogP contribution in [0.25, 0.3) is 0 Å². The Morgan fingerprint density at radius 1 is 0.682 bits per heavy atom. The molecule has 0 spiro atoms. The number of aldehydes is 1. The van der Waals surface area contributed by atoms with Crippen LogP contribution in [0.5, 0.6) is 0 Å². The van der Waals surface area contributed by atoms with Gasteiger partial charge in [-0.3, -0.25) is 0 Å². The van der Waals surface area contributed by atoms with Gasteiger partial charge in [-0.25, -0.2) is 0 Å². The van der Waals surface area contributed by atoms with Crippen molar-refractivity contribution in [2.75, 3.05) is 0 Å². The molecule has 3 heteroatoms. The maximum Gasteiger partial charge on any atom is 0.119 e. The monoisotopic (exact) mass is 344 g/mol. The highest BCUT2D eigenvalue weighted by molar-refractivity contribution is 8.00. The summed E-state index contributed by atoms with van der Waals surface area (Å²) in [7, 11) is 0. The van der Waals surface area contributed by atoms with Crippen molar-refractivity contribution in [2.45, 2.75) is 100 Å². The van der Waals surface area contributed by atoms with E-state index < -0.39 is 0 Å². The van der Waals surface area contributed by atoms with E-state index in [1.54, 1.807) is 0 Å². The van der Waals surface area contributed by atoms with Crippen molar-refractivity contribution in [3.63, 3.8) is 0 Å². The van der Waals surface area contributed by atoms with Gasteiger partial charge >= 0.3 is 0 Å². The molecule has 0 saturated heterocycles. The van der Waals surface area contributed by atoms with Crippen LogP contribution in [0.2, 0.25) is 0 Å². The van der Waals surface area contributed by atoms with Gasteiger partial charge in [0, 0.05) is 6.42 Å². The van der Waals surface area contributed by atoms with Gasteiger partial charge in [0.05, 0.1) is 4.08 Å².